The van der Waals surface area contributed by atoms with Crippen LogP contribution in [0.15, 0.2) is 36.4 Å². The lowest BCUT2D eigenvalue weighted by molar-refractivity contribution is -0.130. The number of carbonyl (C=O) groups is 3. The smallest absolute Gasteiger partial charge is 0.342 e. The van der Waals surface area contributed by atoms with E-state index in [9.17, 15) is 19.5 Å². The minimum absolute atomic E-state index is 0.111. The highest BCUT2D eigenvalue weighted by Crippen LogP contribution is 2.30. The van der Waals surface area contributed by atoms with Crippen LogP contribution in [-0.4, -0.2) is 42.6 Å². The molecule has 1 unspecified atom stereocenters. The van der Waals surface area contributed by atoms with Crippen molar-refractivity contribution >= 4 is 23.5 Å². The van der Waals surface area contributed by atoms with E-state index in [4.69, 9.17) is 9.47 Å². The fraction of sp³-hybridized carbons (Fsp3) is 0.286. The Balaban J connectivity index is 1.90. The van der Waals surface area contributed by atoms with Crippen LogP contribution in [0.2, 0.25) is 0 Å². The molecule has 0 bridgehead atoms. The van der Waals surface area contributed by atoms with Gasteiger partial charge in [0.25, 0.3) is 5.91 Å². The average molecular weight is 400 g/mol. The van der Waals surface area contributed by atoms with Gasteiger partial charge in [0, 0.05) is 5.69 Å². The zero-order valence-electron chi connectivity index (χ0n) is 16.7. The molecule has 0 fully saturated rings. The molecule has 0 aromatic heterocycles. The van der Waals surface area contributed by atoms with Gasteiger partial charge in [0.2, 0.25) is 5.91 Å². The number of benzene rings is 2. The maximum Gasteiger partial charge on any atom is 0.342 e. The van der Waals surface area contributed by atoms with Gasteiger partial charge in [-0.05, 0) is 44.0 Å². The Morgan fingerprint density at radius 3 is 2.31 bits per heavy atom. The van der Waals surface area contributed by atoms with Crippen molar-refractivity contribution in [1.82, 2.24) is 5.32 Å². The highest BCUT2D eigenvalue weighted by Gasteiger charge is 2.22. The third-order valence-electron chi connectivity index (χ3n) is 4.26. The number of phenols is 1. The van der Waals surface area contributed by atoms with Gasteiger partial charge < -0.3 is 25.2 Å². The molecule has 0 aliphatic rings. The van der Waals surface area contributed by atoms with Gasteiger partial charge in [0.05, 0.1) is 13.7 Å². The molecule has 0 spiro atoms. The zero-order valence-corrected chi connectivity index (χ0v) is 16.7. The number of phenolic OH excluding ortho intramolecular Hbond substituents is 1. The van der Waals surface area contributed by atoms with E-state index in [1.165, 1.54) is 32.2 Å². The number of ether oxygens (including phenoxy) is 2. The van der Waals surface area contributed by atoms with Crippen molar-refractivity contribution in [1.29, 1.82) is 0 Å². The molecule has 8 heteroatoms. The van der Waals surface area contributed by atoms with Gasteiger partial charge in [-0.2, -0.15) is 0 Å². The molecule has 3 N–H and O–H groups in total. The molecule has 154 valence electrons. The lowest BCUT2D eigenvalue weighted by atomic mass is 10.1. The molecule has 0 radical (unpaired) electrons. The molecular weight excluding hydrogens is 376 g/mol. The standard InChI is InChI=1S/C21H24N2O6/c1-12-7-5-8-13(2)18(12)23-17(24)11-22-20(26)14(3)29-21(27)15-9-6-10-16(28-4)19(15)25/h5-10,14,25H,11H2,1-4H3,(H,22,26)(H,23,24). The molecule has 2 rings (SSSR count). The molecular formula is C21H24N2O6. The summed E-state index contributed by atoms with van der Waals surface area (Å²) in [5.41, 5.74) is 2.38. The molecule has 0 saturated heterocycles. The van der Waals surface area contributed by atoms with Crippen molar-refractivity contribution in [3.63, 3.8) is 0 Å². The van der Waals surface area contributed by atoms with Crippen molar-refractivity contribution < 1.29 is 29.0 Å². The maximum atomic E-state index is 12.2. The third kappa shape index (κ3) is 5.47. The summed E-state index contributed by atoms with van der Waals surface area (Å²) in [7, 11) is 1.35. The molecule has 0 aliphatic heterocycles. The van der Waals surface area contributed by atoms with Crippen LogP contribution in [0.25, 0.3) is 0 Å². The van der Waals surface area contributed by atoms with E-state index < -0.39 is 23.9 Å². The Morgan fingerprint density at radius 1 is 1.07 bits per heavy atom. The van der Waals surface area contributed by atoms with E-state index in [1.807, 2.05) is 32.0 Å². The Labute approximate surface area is 168 Å². The zero-order chi connectivity index (χ0) is 21.6. The molecule has 2 amide bonds. The summed E-state index contributed by atoms with van der Waals surface area (Å²) in [5.74, 6) is -2.19. The van der Waals surface area contributed by atoms with Crippen LogP contribution >= 0.6 is 0 Å². The van der Waals surface area contributed by atoms with Crippen LogP contribution in [-0.2, 0) is 14.3 Å². The molecule has 2 aromatic rings. The molecule has 29 heavy (non-hydrogen) atoms. The summed E-state index contributed by atoms with van der Waals surface area (Å²) in [5, 5.41) is 15.2. The first-order chi connectivity index (χ1) is 13.7. The van der Waals surface area contributed by atoms with Gasteiger partial charge in [-0.15, -0.1) is 0 Å². The maximum absolute atomic E-state index is 12.2. The van der Waals surface area contributed by atoms with E-state index in [0.29, 0.717) is 5.69 Å². The predicted molar refractivity (Wildman–Crippen MR) is 107 cm³/mol. The average Bonchev–Trinajstić information content (AvgIpc) is 2.69. The van der Waals surface area contributed by atoms with Gasteiger partial charge >= 0.3 is 5.97 Å². The second-order valence-electron chi connectivity index (χ2n) is 6.44. The molecule has 2 aromatic carbocycles. The second kappa shape index (κ2) is 9.59. The Bertz CT molecular complexity index is 905. The van der Waals surface area contributed by atoms with Crippen LogP contribution in [0.3, 0.4) is 0 Å². The minimum atomic E-state index is -1.17. The van der Waals surface area contributed by atoms with Crippen molar-refractivity contribution in [2.24, 2.45) is 0 Å². The van der Waals surface area contributed by atoms with Crippen LogP contribution in [0, 0.1) is 13.8 Å². The van der Waals surface area contributed by atoms with E-state index in [2.05, 4.69) is 10.6 Å². The number of methoxy groups -OCH3 is 1. The van der Waals surface area contributed by atoms with E-state index in [0.717, 1.165) is 11.1 Å². The predicted octanol–water partition coefficient (Wildman–Crippen LogP) is 2.32. The van der Waals surface area contributed by atoms with Crippen molar-refractivity contribution in [2.45, 2.75) is 26.9 Å². The first kappa shape index (κ1) is 21.7. The van der Waals surface area contributed by atoms with Crippen molar-refractivity contribution in [3.8, 4) is 11.5 Å². The van der Waals surface area contributed by atoms with Gasteiger partial charge in [0.1, 0.15) is 5.56 Å². The largest absolute Gasteiger partial charge is 0.504 e. The molecule has 8 nitrogen and oxygen atoms in total. The second-order valence-corrected chi connectivity index (χ2v) is 6.44. The summed E-state index contributed by atoms with van der Waals surface area (Å²) in [6, 6.07) is 9.98. The fourth-order valence-corrected chi connectivity index (χ4v) is 2.64. The number of nitrogens with one attached hydrogen (secondary N) is 2. The summed E-state index contributed by atoms with van der Waals surface area (Å²) in [6.07, 6.45) is -1.17. The van der Waals surface area contributed by atoms with Gasteiger partial charge in [-0.25, -0.2) is 4.79 Å². The summed E-state index contributed by atoms with van der Waals surface area (Å²) >= 11 is 0. The van der Waals surface area contributed by atoms with Crippen LogP contribution in [0.4, 0.5) is 5.69 Å². The fourth-order valence-electron chi connectivity index (χ4n) is 2.64. The van der Waals surface area contributed by atoms with Gasteiger partial charge in [-0.1, -0.05) is 24.3 Å². The van der Waals surface area contributed by atoms with E-state index in [1.54, 1.807) is 0 Å². The summed E-state index contributed by atoms with van der Waals surface area (Å²) < 4.78 is 10.0. The number of hydrogen-bond acceptors (Lipinski definition) is 6. The number of aryl methyl sites for hydroxylation is 2. The van der Waals surface area contributed by atoms with E-state index >= 15 is 0 Å². The minimum Gasteiger partial charge on any atom is -0.504 e. The first-order valence-electron chi connectivity index (χ1n) is 8.95. The number of aromatic hydroxyl groups is 1. The lowest BCUT2D eigenvalue weighted by Gasteiger charge is -2.15. The monoisotopic (exact) mass is 400 g/mol. The summed E-state index contributed by atoms with van der Waals surface area (Å²) in [6.45, 7) is 4.83. The number of anilines is 1. The quantitative estimate of drug-likeness (QED) is 0.615. The van der Waals surface area contributed by atoms with Crippen molar-refractivity contribution in [2.75, 3.05) is 19.0 Å². The Kier molecular flexibility index (Phi) is 7.19. The highest BCUT2D eigenvalue weighted by atomic mass is 16.5. The molecule has 0 saturated carbocycles. The molecule has 1 atom stereocenters. The highest BCUT2D eigenvalue weighted by molar-refractivity contribution is 5.98. The molecule has 0 heterocycles. The lowest BCUT2D eigenvalue weighted by Crippen LogP contribution is -2.40. The van der Waals surface area contributed by atoms with Crippen molar-refractivity contribution in [3.05, 3.63) is 53.1 Å². The topological polar surface area (TPSA) is 114 Å². The van der Waals surface area contributed by atoms with Crippen LogP contribution < -0.4 is 15.4 Å². The number of para-hydroxylation sites is 2. The van der Waals surface area contributed by atoms with Gasteiger partial charge in [-0.3, -0.25) is 9.59 Å². The first-order valence-corrected chi connectivity index (χ1v) is 8.95. The number of rotatable bonds is 7. The molecule has 0 aliphatic carbocycles. The Hall–Kier alpha value is -3.55. The van der Waals surface area contributed by atoms with Crippen LogP contribution in [0.5, 0.6) is 11.5 Å². The van der Waals surface area contributed by atoms with E-state index in [-0.39, 0.29) is 23.6 Å². The number of amides is 2. The summed E-state index contributed by atoms with van der Waals surface area (Å²) in [4.78, 5) is 36.5. The Morgan fingerprint density at radius 2 is 1.69 bits per heavy atom. The SMILES string of the molecule is COc1cccc(C(=O)OC(C)C(=O)NCC(=O)Nc2c(C)cccc2C)c1O. The number of hydrogen-bond donors (Lipinski definition) is 3. The number of esters is 1. The third-order valence-corrected chi connectivity index (χ3v) is 4.26. The number of carbonyl (C=O) groups excluding carboxylic acids is 3. The normalized spacial score (nSPS) is 11.3. The van der Waals surface area contributed by atoms with Gasteiger partial charge in [0.15, 0.2) is 17.6 Å². The van der Waals surface area contributed by atoms with Crippen LogP contribution in [0.1, 0.15) is 28.4 Å².